The van der Waals surface area contributed by atoms with E-state index in [2.05, 4.69) is 0 Å². The number of carboxylic acid groups (broad SMARTS) is 1. The van der Waals surface area contributed by atoms with Gasteiger partial charge in [-0.05, 0) is 17.7 Å². The number of carbonyl (C=O) groups is 1. The Bertz CT molecular complexity index is 544. The summed E-state index contributed by atoms with van der Waals surface area (Å²) < 4.78 is 59.0. The lowest BCUT2D eigenvalue weighted by molar-refractivity contribution is -0.136. The lowest BCUT2D eigenvalue weighted by atomic mass is 10.1. The zero-order chi connectivity index (χ0) is 14.6. The van der Waals surface area contributed by atoms with Crippen LogP contribution in [0, 0.1) is 0 Å². The van der Waals surface area contributed by atoms with Crippen LogP contribution in [-0.4, -0.2) is 31.7 Å². The minimum Gasteiger partial charge on any atom is -0.481 e. The van der Waals surface area contributed by atoms with E-state index in [0.29, 0.717) is 5.56 Å². The van der Waals surface area contributed by atoms with E-state index >= 15 is 0 Å². The van der Waals surface area contributed by atoms with Gasteiger partial charge in [-0.25, -0.2) is 17.2 Å². The zero-order valence-electron chi connectivity index (χ0n) is 9.46. The summed E-state index contributed by atoms with van der Waals surface area (Å²) in [5.41, 5.74) is -0.134. The summed E-state index contributed by atoms with van der Waals surface area (Å²) in [6.07, 6.45) is -3.49. The van der Waals surface area contributed by atoms with E-state index in [1.165, 1.54) is 12.1 Å². The van der Waals surface area contributed by atoms with Crippen LogP contribution in [0.25, 0.3) is 0 Å². The third-order valence-corrected chi connectivity index (χ3v) is 3.45. The van der Waals surface area contributed by atoms with E-state index in [-0.39, 0.29) is 6.42 Å². The minimum absolute atomic E-state index is 0.309. The highest BCUT2D eigenvalue weighted by molar-refractivity contribution is 7.92. The minimum atomic E-state index is -4.75. The van der Waals surface area contributed by atoms with Gasteiger partial charge in [0.2, 0.25) is 0 Å². The maximum atomic E-state index is 13.5. The summed E-state index contributed by atoms with van der Waals surface area (Å²) in [6.45, 7) is 0. The predicted molar refractivity (Wildman–Crippen MR) is 61.2 cm³/mol. The number of nitrogens with zero attached hydrogens (tertiary/aromatic N) is 1. The number of hydrogen-bond donors (Lipinski definition) is 1. The van der Waals surface area contributed by atoms with Crippen molar-refractivity contribution in [3.63, 3.8) is 0 Å². The lowest BCUT2D eigenvalue weighted by Crippen LogP contribution is -2.28. The third-order valence-electron chi connectivity index (χ3n) is 2.08. The molecule has 0 bridgehead atoms. The number of carboxylic acids is 1. The van der Waals surface area contributed by atoms with Gasteiger partial charge in [-0.1, -0.05) is 16.6 Å². The molecule has 0 heterocycles. The number of anilines is 1. The van der Waals surface area contributed by atoms with Crippen molar-refractivity contribution in [2.24, 2.45) is 0 Å². The van der Waals surface area contributed by atoms with Gasteiger partial charge in [-0.3, -0.25) is 4.79 Å². The smallest absolute Gasteiger partial charge is 0.307 e. The van der Waals surface area contributed by atoms with Gasteiger partial charge in [0.1, 0.15) is 5.75 Å². The molecular formula is C10H10F3NO4S. The molecule has 0 aliphatic carbocycles. The summed E-state index contributed by atoms with van der Waals surface area (Å²) in [5.74, 6) is -2.73. The fraction of sp³-hybridized carbons (Fsp3) is 0.300. The molecule has 0 amide bonds. The summed E-state index contributed by atoms with van der Waals surface area (Å²) in [5, 5.41) is 8.51. The van der Waals surface area contributed by atoms with Crippen molar-refractivity contribution >= 4 is 21.7 Å². The van der Waals surface area contributed by atoms with Crippen LogP contribution in [-0.2, 0) is 21.2 Å². The van der Waals surface area contributed by atoms with Gasteiger partial charge in [0.05, 0.1) is 12.1 Å². The summed E-state index contributed by atoms with van der Waals surface area (Å²) in [4.78, 5) is 10.4. The zero-order valence-corrected chi connectivity index (χ0v) is 10.3. The van der Waals surface area contributed by atoms with Gasteiger partial charge < -0.3 is 5.11 Å². The Balaban J connectivity index is 2.89. The Labute approximate surface area is 107 Å². The van der Waals surface area contributed by atoms with Crippen molar-refractivity contribution in [1.82, 2.24) is 0 Å². The van der Waals surface area contributed by atoms with Crippen LogP contribution in [0.5, 0.6) is 0 Å². The van der Waals surface area contributed by atoms with E-state index in [9.17, 15) is 26.5 Å². The molecule has 0 aromatic heterocycles. The molecule has 1 rings (SSSR count). The topological polar surface area (TPSA) is 74.7 Å². The van der Waals surface area contributed by atoms with Crippen molar-refractivity contribution in [1.29, 1.82) is 0 Å². The molecule has 9 heteroatoms. The van der Waals surface area contributed by atoms with Gasteiger partial charge >= 0.3 is 5.97 Å². The maximum Gasteiger partial charge on any atom is 0.307 e. The molecule has 0 aliphatic rings. The van der Waals surface area contributed by atoms with Crippen LogP contribution in [0.2, 0.25) is 0 Å². The van der Waals surface area contributed by atoms with E-state index in [4.69, 9.17) is 5.11 Å². The molecule has 1 N–H and O–H groups in total. The van der Waals surface area contributed by atoms with Crippen LogP contribution in [0.4, 0.5) is 18.9 Å². The number of rotatable bonds is 6. The number of benzene rings is 1. The van der Waals surface area contributed by atoms with E-state index in [0.717, 1.165) is 12.1 Å². The van der Waals surface area contributed by atoms with Crippen LogP contribution in [0.3, 0.4) is 0 Å². The first-order valence-electron chi connectivity index (χ1n) is 5.00. The molecule has 1 aromatic rings. The van der Waals surface area contributed by atoms with Gasteiger partial charge in [0.25, 0.3) is 16.4 Å². The average Bonchev–Trinajstić information content (AvgIpc) is 2.26. The van der Waals surface area contributed by atoms with E-state index in [1.54, 1.807) is 0 Å². The first kappa shape index (κ1) is 15.3. The normalized spacial score (nSPS) is 11.6. The Hall–Kier alpha value is -1.77. The average molecular weight is 297 g/mol. The molecule has 106 valence electrons. The largest absolute Gasteiger partial charge is 0.481 e. The van der Waals surface area contributed by atoms with Crippen molar-refractivity contribution < 1.29 is 31.6 Å². The van der Waals surface area contributed by atoms with Crippen molar-refractivity contribution in [3.05, 3.63) is 29.8 Å². The Morgan fingerprint density at radius 1 is 1.26 bits per heavy atom. The molecule has 0 unspecified atom stereocenters. The standard InChI is InChI=1S/C10H10F3NO4S/c11-9(12)6-19(17,18)14(13)8-3-1-7(2-4-8)5-10(15)16/h1-4,9H,5-6H2,(H,15,16). The molecule has 1 aromatic carbocycles. The number of aliphatic carboxylic acids is 1. The van der Waals surface area contributed by atoms with Crippen LogP contribution >= 0.6 is 0 Å². The fourth-order valence-electron chi connectivity index (χ4n) is 1.29. The molecule has 0 atom stereocenters. The summed E-state index contributed by atoms with van der Waals surface area (Å²) in [7, 11) is -4.75. The number of alkyl halides is 2. The predicted octanol–water partition coefficient (Wildman–Crippen LogP) is 1.60. The summed E-state index contributed by atoms with van der Waals surface area (Å²) >= 11 is 0. The number of sulfonamides is 1. The molecule has 0 saturated carbocycles. The highest BCUT2D eigenvalue weighted by Crippen LogP contribution is 2.21. The van der Waals surface area contributed by atoms with E-state index < -0.39 is 38.4 Å². The van der Waals surface area contributed by atoms with Crippen LogP contribution < -0.4 is 4.53 Å². The first-order valence-corrected chi connectivity index (χ1v) is 6.61. The van der Waals surface area contributed by atoms with E-state index in [1.807, 2.05) is 0 Å². The van der Waals surface area contributed by atoms with Gasteiger partial charge in [0.15, 0.2) is 0 Å². The molecule has 0 saturated heterocycles. The maximum absolute atomic E-state index is 13.5. The molecule has 0 aliphatic heterocycles. The first-order chi connectivity index (χ1) is 8.72. The monoisotopic (exact) mass is 297 g/mol. The summed E-state index contributed by atoms with van der Waals surface area (Å²) in [6, 6.07) is 4.41. The molecule has 0 radical (unpaired) electrons. The highest BCUT2D eigenvalue weighted by Gasteiger charge is 2.27. The SMILES string of the molecule is O=C(O)Cc1ccc(N(F)S(=O)(=O)CC(F)F)cc1. The Morgan fingerprint density at radius 3 is 2.21 bits per heavy atom. The fourth-order valence-corrected chi connectivity index (χ4v) is 2.18. The highest BCUT2D eigenvalue weighted by atomic mass is 32.2. The van der Waals surface area contributed by atoms with Gasteiger partial charge in [0, 0.05) is 0 Å². The Morgan fingerprint density at radius 2 is 1.79 bits per heavy atom. The second-order valence-corrected chi connectivity index (χ2v) is 5.44. The van der Waals surface area contributed by atoms with Crippen molar-refractivity contribution in [2.45, 2.75) is 12.8 Å². The van der Waals surface area contributed by atoms with Crippen molar-refractivity contribution in [2.75, 3.05) is 10.3 Å². The molecule has 0 fully saturated rings. The second-order valence-electron chi connectivity index (χ2n) is 3.62. The second kappa shape index (κ2) is 5.91. The Kier molecular flexibility index (Phi) is 4.76. The number of hydrogen-bond acceptors (Lipinski definition) is 3. The van der Waals surface area contributed by atoms with Gasteiger partial charge in [-0.15, -0.1) is 4.53 Å². The molecular weight excluding hydrogens is 287 g/mol. The molecule has 5 nitrogen and oxygen atoms in total. The van der Waals surface area contributed by atoms with Crippen LogP contribution in [0.1, 0.15) is 5.56 Å². The molecule has 0 spiro atoms. The van der Waals surface area contributed by atoms with Gasteiger partial charge in [-0.2, -0.15) is 0 Å². The van der Waals surface area contributed by atoms with Crippen LogP contribution in [0.15, 0.2) is 24.3 Å². The lowest BCUT2D eigenvalue weighted by Gasteiger charge is -2.14. The van der Waals surface area contributed by atoms with Crippen molar-refractivity contribution in [3.8, 4) is 0 Å². The number of halogens is 3. The molecule has 19 heavy (non-hydrogen) atoms. The quantitative estimate of drug-likeness (QED) is 0.809. The third kappa shape index (κ3) is 4.43.